The van der Waals surface area contributed by atoms with Crippen LogP contribution in [0.25, 0.3) is 0 Å². The molecule has 2 rings (SSSR count). The van der Waals surface area contributed by atoms with E-state index in [0.29, 0.717) is 23.7 Å². The van der Waals surface area contributed by atoms with Gasteiger partial charge in [-0.2, -0.15) is 10.4 Å². The van der Waals surface area contributed by atoms with Gasteiger partial charge in [0.15, 0.2) is 0 Å². The third-order valence-corrected chi connectivity index (χ3v) is 2.67. The first-order valence-corrected chi connectivity index (χ1v) is 5.49. The quantitative estimate of drug-likeness (QED) is 0.843. The second-order valence-electron chi connectivity index (χ2n) is 3.99. The summed E-state index contributed by atoms with van der Waals surface area (Å²) in [5.74, 6) is 1.18. The van der Waals surface area contributed by atoms with Gasteiger partial charge in [-0.05, 0) is 19.1 Å². The number of anilines is 2. The molecule has 6 heteroatoms. The SMILES string of the molecule is Cc1ccc(C#N)c(NCc2cnn(C)c2N)n1. The van der Waals surface area contributed by atoms with Gasteiger partial charge in [-0.1, -0.05) is 0 Å². The number of aryl methyl sites for hydroxylation is 2. The molecule has 2 heterocycles. The number of pyridine rings is 1. The zero-order valence-electron chi connectivity index (χ0n) is 10.3. The van der Waals surface area contributed by atoms with E-state index in [-0.39, 0.29) is 0 Å². The molecule has 6 nitrogen and oxygen atoms in total. The maximum atomic E-state index is 8.99. The van der Waals surface area contributed by atoms with Crippen LogP contribution < -0.4 is 11.1 Å². The van der Waals surface area contributed by atoms with Crippen LogP contribution in [0.4, 0.5) is 11.6 Å². The molecule has 0 saturated heterocycles. The van der Waals surface area contributed by atoms with Crippen LogP contribution in [0.5, 0.6) is 0 Å². The van der Waals surface area contributed by atoms with Gasteiger partial charge in [0.1, 0.15) is 17.7 Å². The van der Waals surface area contributed by atoms with E-state index in [2.05, 4.69) is 21.5 Å². The Morgan fingerprint density at radius 1 is 1.50 bits per heavy atom. The summed E-state index contributed by atoms with van der Waals surface area (Å²) in [6.45, 7) is 2.37. The summed E-state index contributed by atoms with van der Waals surface area (Å²) in [5.41, 5.74) is 8.10. The molecule has 0 saturated carbocycles. The monoisotopic (exact) mass is 242 g/mol. The zero-order chi connectivity index (χ0) is 13.1. The predicted octanol–water partition coefficient (Wildman–Crippen LogP) is 1.19. The summed E-state index contributed by atoms with van der Waals surface area (Å²) >= 11 is 0. The van der Waals surface area contributed by atoms with Gasteiger partial charge in [0.25, 0.3) is 0 Å². The van der Waals surface area contributed by atoms with Crippen LogP contribution in [0.2, 0.25) is 0 Å². The van der Waals surface area contributed by atoms with E-state index in [1.54, 1.807) is 24.0 Å². The summed E-state index contributed by atoms with van der Waals surface area (Å²) in [6, 6.07) is 5.66. The van der Waals surface area contributed by atoms with E-state index >= 15 is 0 Å². The van der Waals surface area contributed by atoms with Crippen molar-refractivity contribution in [3.8, 4) is 6.07 Å². The number of rotatable bonds is 3. The number of nitriles is 1. The smallest absolute Gasteiger partial charge is 0.144 e. The van der Waals surface area contributed by atoms with E-state index in [1.165, 1.54) is 0 Å². The lowest BCUT2D eigenvalue weighted by Gasteiger charge is -2.07. The molecule has 0 aliphatic carbocycles. The fourth-order valence-electron chi connectivity index (χ4n) is 1.59. The van der Waals surface area contributed by atoms with E-state index in [4.69, 9.17) is 11.0 Å². The van der Waals surface area contributed by atoms with Gasteiger partial charge < -0.3 is 11.1 Å². The highest BCUT2D eigenvalue weighted by Gasteiger charge is 2.07. The van der Waals surface area contributed by atoms with Crippen LogP contribution in [-0.4, -0.2) is 14.8 Å². The van der Waals surface area contributed by atoms with Crippen LogP contribution in [0.1, 0.15) is 16.8 Å². The molecule has 0 amide bonds. The molecular formula is C12H14N6. The lowest BCUT2D eigenvalue weighted by Crippen LogP contribution is -2.06. The van der Waals surface area contributed by atoms with E-state index in [1.807, 2.05) is 13.0 Å². The Morgan fingerprint density at radius 3 is 2.89 bits per heavy atom. The number of hydrogen-bond acceptors (Lipinski definition) is 5. The summed E-state index contributed by atoms with van der Waals surface area (Å²) in [6.07, 6.45) is 1.70. The number of hydrogen-bond donors (Lipinski definition) is 2. The maximum absolute atomic E-state index is 8.99. The average Bonchev–Trinajstić information content (AvgIpc) is 2.68. The highest BCUT2D eigenvalue weighted by atomic mass is 15.3. The standard InChI is InChI=1S/C12H14N6/c1-8-3-4-9(5-13)12(17-8)15-6-10-7-16-18(2)11(10)14/h3-4,7H,6,14H2,1-2H3,(H,15,17). The predicted molar refractivity (Wildman–Crippen MR) is 68.6 cm³/mol. The molecule has 0 unspecified atom stereocenters. The Labute approximate surface area is 105 Å². The van der Waals surface area contributed by atoms with Crippen molar-refractivity contribution >= 4 is 11.6 Å². The van der Waals surface area contributed by atoms with Crippen molar-refractivity contribution in [3.05, 3.63) is 35.2 Å². The van der Waals surface area contributed by atoms with Crippen molar-refractivity contribution in [3.63, 3.8) is 0 Å². The largest absolute Gasteiger partial charge is 0.384 e. The molecule has 0 aromatic carbocycles. The summed E-state index contributed by atoms with van der Waals surface area (Å²) in [4.78, 5) is 4.29. The third-order valence-electron chi connectivity index (χ3n) is 2.67. The molecule has 0 atom stereocenters. The molecule has 92 valence electrons. The Bertz CT molecular complexity index is 608. The first-order valence-electron chi connectivity index (χ1n) is 5.49. The maximum Gasteiger partial charge on any atom is 0.144 e. The topological polar surface area (TPSA) is 92.5 Å². The van der Waals surface area contributed by atoms with Crippen molar-refractivity contribution in [2.75, 3.05) is 11.1 Å². The van der Waals surface area contributed by atoms with Crippen LogP contribution in [-0.2, 0) is 13.6 Å². The zero-order valence-corrected chi connectivity index (χ0v) is 10.3. The first kappa shape index (κ1) is 11.9. The van der Waals surface area contributed by atoms with E-state index < -0.39 is 0 Å². The Kier molecular flexibility index (Phi) is 3.15. The number of aromatic nitrogens is 3. The minimum absolute atomic E-state index is 0.491. The van der Waals surface area contributed by atoms with Gasteiger partial charge in [0, 0.05) is 24.8 Å². The molecule has 0 aliphatic heterocycles. The highest BCUT2D eigenvalue weighted by Crippen LogP contribution is 2.15. The van der Waals surface area contributed by atoms with E-state index in [0.717, 1.165) is 11.3 Å². The van der Waals surface area contributed by atoms with Gasteiger partial charge in [-0.3, -0.25) is 4.68 Å². The minimum atomic E-state index is 0.491. The molecule has 2 aromatic heterocycles. The van der Waals surface area contributed by atoms with Gasteiger partial charge in [0.2, 0.25) is 0 Å². The van der Waals surface area contributed by atoms with Crippen molar-refractivity contribution in [2.24, 2.45) is 7.05 Å². The molecule has 0 radical (unpaired) electrons. The molecule has 2 aromatic rings. The number of nitrogen functional groups attached to an aromatic ring is 1. The number of nitrogens with zero attached hydrogens (tertiary/aromatic N) is 4. The average molecular weight is 242 g/mol. The summed E-state index contributed by atoms with van der Waals surface area (Å²) in [7, 11) is 1.78. The molecular weight excluding hydrogens is 228 g/mol. The van der Waals surface area contributed by atoms with Crippen molar-refractivity contribution in [2.45, 2.75) is 13.5 Å². The van der Waals surface area contributed by atoms with Gasteiger partial charge in [-0.25, -0.2) is 4.98 Å². The first-order chi connectivity index (χ1) is 8.61. The van der Waals surface area contributed by atoms with Crippen LogP contribution in [0.15, 0.2) is 18.3 Å². The summed E-state index contributed by atoms with van der Waals surface area (Å²) < 4.78 is 1.60. The lowest BCUT2D eigenvalue weighted by molar-refractivity contribution is 0.778. The normalized spacial score (nSPS) is 10.1. The third kappa shape index (κ3) is 2.25. The molecule has 3 N–H and O–H groups in total. The molecule has 0 bridgehead atoms. The minimum Gasteiger partial charge on any atom is -0.384 e. The Morgan fingerprint density at radius 2 is 2.28 bits per heavy atom. The fourth-order valence-corrected chi connectivity index (χ4v) is 1.59. The molecule has 0 spiro atoms. The van der Waals surface area contributed by atoms with Crippen LogP contribution in [0.3, 0.4) is 0 Å². The molecule has 0 aliphatic rings. The van der Waals surface area contributed by atoms with Crippen molar-refractivity contribution in [1.82, 2.24) is 14.8 Å². The molecule has 0 fully saturated rings. The van der Waals surface area contributed by atoms with Gasteiger partial charge in [-0.15, -0.1) is 0 Å². The number of nitrogens with two attached hydrogens (primary N) is 1. The Balaban J connectivity index is 2.18. The second-order valence-corrected chi connectivity index (χ2v) is 3.99. The van der Waals surface area contributed by atoms with Crippen LogP contribution >= 0.6 is 0 Å². The second kappa shape index (κ2) is 4.75. The van der Waals surface area contributed by atoms with Crippen LogP contribution in [0, 0.1) is 18.3 Å². The van der Waals surface area contributed by atoms with Crippen molar-refractivity contribution < 1.29 is 0 Å². The van der Waals surface area contributed by atoms with Crippen molar-refractivity contribution in [1.29, 1.82) is 5.26 Å². The van der Waals surface area contributed by atoms with Gasteiger partial charge >= 0.3 is 0 Å². The fraction of sp³-hybridized carbons (Fsp3) is 0.250. The van der Waals surface area contributed by atoms with Gasteiger partial charge in [0.05, 0.1) is 11.8 Å². The Hall–Kier alpha value is -2.55. The highest BCUT2D eigenvalue weighted by molar-refractivity contribution is 5.53. The number of nitrogens with one attached hydrogen (secondary N) is 1. The van der Waals surface area contributed by atoms with E-state index in [9.17, 15) is 0 Å². The molecule has 18 heavy (non-hydrogen) atoms. The summed E-state index contributed by atoms with van der Waals surface area (Å²) in [5, 5.41) is 16.2. The lowest BCUT2D eigenvalue weighted by atomic mass is 10.2.